The molecule has 1 aromatic heterocycles. The topological polar surface area (TPSA) is 81.4 Å². The standard InChI is InChI=1S/C16H12N2O4/c1-10(19)18-12-4-2-3-11(7-12)16(20)22-13-5-6-15-14(8-13)17-9-21-15/h2-9H,1H3,(H,18,19). The SMILES string of the molecule is CC(=O)Nc1cccc(C(=O)Oc2ccc3ocnc3c2)c1. The maximum atomic E-state index is 12.1. The van der Waals surface area contributed by atoms with Crippen LogP contribution in [0.15, 0.2) is 53.3 Å². The van der Waals surface area contributed by atoms with E-state index in [4.69, 9.17) is 9.15 Å². The van der Waals surface area contributed by atoms with Crippen molar-refractivity contribution in [1.29, 1.82) is 0 Å². The Balaban J connectivity index is 1.80. The van der Waals surface area contributed by atoms with Gasteiger partial charge in [0.05, 0.1) is 5.56 Å². The molecule has 0 bridgehead atoms. The fourth-order valence-electron chi connectivity index (χ4n) is 1.99. The zero-order chi connectivity index (χ0) is 15.5. The minimum atomic E-state index is -0.518. The van der Waals surface area contributed by atoms with Gasteiger partial charge in [-0.25, -0.2) is 9.78 Å². The van der Waals surface area contributed by atoms with Crippen molar-refractivity contribution in [3.8, 4) is 5.75 Å². The number of benzene rings is 2. The summed E-state index contributed by atoms with van der Waals surface area (Å²) in [6, 6.07) is 11.5. The number of rotatable bonds is 3. The molecule has 0 saturated carbocycles. The molecule has 6 heteroatoms. The number of hydrogen-bond donors (Lipinski definition) is 1. The first kappa shape index (κ1) is 13.8. The number of hydrogen-bond acceptors (Lipinski definition) is 5. The number of amides is 1. The zero-order valence-electron chi connectivity index (χ0n) is 11.7. The third kappa shape index (κ3) is 2.95. The van der Waals surface area contributed by atoms with Gasteiger partial charge < -0.3 is 14.5 Å². The van der Waals surface area contributed by atoms with E-state index in [0.29, 0.717) is 28.1 Å². The number of carbonyl (C=O) groups excluding carboxylic acids is 2. The molecule has 1 amide bonds. The number of oxazole rings is 1. The molecule has 22 heavy (non-hydrogen) atoms. The summed E-state index contributed by atoms with van der Waals surface area (Å²) in [6.45, 7) is 1.40. The monoisotopic (exact) mass is 296 g/mol. The molecule has 0 aliphatic heterocycles. The predicted octanol–water partition coefficient (Wildman–Crippen LogP) is 3.01. The quantitative estimate of drug-likeness (QED) is 0.593. The van der Waals surface area contributed by atoms with E-state index in [9.17, 15) is 9.59 Å². The third-order valence-corrected chi connectivity index (χ3v) is 2.93. The van der Waals surface area contributed by atoms with Crippen molar-refractivity contribution in [2.24, 2.45) is 0 Å². The van der Waals surface area contributed by atoms with E-state index >= 15 is 0 Å². The highest BCUT2D eigenvalue weighted by Gasteiger charge is 2.11. The van der Waals surface area contributed by atoms with Gasteiger partial charge in [-0.15, -0.1) is 0 Å². The van der Waals surface area contributed by atoms with Crippen LogP contribution in [0.3, 0.4) is 0 Å². The van der Waals surface area contributed by atoms with E-state index in [-0.39, 0.29) is 5.91 Å². The summed E-state index contributed by atoms with van der Waals surface area (Å²) in [7, 11) is 0. The molecule has 0 fully saturated rings. The Bertz CT molecular complexity index is 854. The number of carbonyl (C=O) groups is 2. The Morgan fingerprint density at radius 3 is 2.86 bits per heavy atom. The summed E-state index contributed by atoms with van der Waals surface area (Å²) in [5.74, 6) is -0.353. The highest BCUT2D eigenvalue weighted by atomic mass is 16.5. The van der Waals surface area contributed by atoms with Crippen LogP contribution < -0.4 is 10.1 Å². The number of aromatic nitrogens is 1. The molecule has 110 valence electrons. The minimum absolute atomic E-state index is 0.206. The molecule has 1 heterocycles. The summed E-state index contributed by atoms with van der Waals surface area (Å²) in [4.78, 5) is 27.2. The van der Waals surface area contributed by atoms with Crippen molar-refractivity contribution in [2.45, 2.75) is 6.92 Å². The average Bonchev–Trinajstić information content (AvgIpc) is 2.94. The lowest BCUT2D eigenvalue weighted by molar-refractivity contribution is -0.114. The summed E-state index contributed by atoms with van der Waals surface area (Å²) < 4.78 is 10.4. The number of anilines is 1. The van der Waals surface area contributed by atoms with E-state index in [2.05, 4.69) is 10.3 Å². The smallest absolute Gasteiger partial charge is 0.343 e. The maximum absolute atomic E-state index is 12.1. The minimum Gasteiger partial charge on any atom is -0.443 e. The van der Waals surface area contributed by atoms with Gasteiger partial charge in [0.15, 0.2) is 12.0 Å². The fraction of sp³-hybridized carbons (Fsp3) is 0.0625. The van der Waals surface area contributed by atoms with Gasteiger partial charge in [-0.05, 0) is 30.3 Å². The van der Waals surface area contributed by atoms with Crippen LogP contribution in [-0.2, 0) is 4.79 Å². The van der Waals surface area contributed by atoms with E-state index in [1.807, 2.05) is 0 Å². The van der Waals surface area contributed by atoms with Crippen LogP contribution in [0.4, 0.5) is 5.69 Å². The highest BCUT2D eigenvalue weighted by Crippen LogP contribution is 2.21. The zero-order valence-corrected chi connectivity index (χ0v) is 11.7. The molecule has 3 rings (SSSR count). The van der Waals surface area contributed by atoms with E-state index < -0.39 is 5.97 Å². The van der Waals surface area contributed by atoms with Crippen LogP contribution in [0.25, 0.3) is 11.1 Å². The van der Waals surface area contributed by atoms with Crippen molar-refractivity contribution in [3.63, 3.8) is 0 Å². The third-order valence-electron chi connectivity index (χ3n) is 2.93. The Kier molecular flexibility index (Phi) is 3.57. The second kappa shape index (κ2) is 5.69. The van der Waals surface area contributed by atoms with Crippen molar-refractivity contribution in [1.82, 2.24) is 4.98 Å². The largest absolute Gasteiger partial charge is 0.443 e. The Morgan fingerprint density at radius 2 is 2.05 bits per heavy atom. The first-order chi connectivity index (χ1) is 10.6. The lowest BCUT2D eigenvalue weighted by Crippen LogP contribution is -2.10. The lowest BCUT2D eigenvalue weighted by Gasteiger charge is -2.06. The number of ether oxygens (including phenoxy) is 1. The van der Waals surface area contributed by atoms with E-state index in [1.54, 1.807) is 42.5 Å². The Hall–Kier alpha value is -3.15. The fourth-order valence-corrected chi connectivity index (χ4v) is 1.99. The van der Waals surface area contributed by atoms with Crippen LogP contribution in [0.1, 0.15) is 17.3 Å². The molecule has 1 N–H and O–H groups in total. The van der Waals surface area contributed by atoms with Gasteiger partial charge in [0.25, 0.3) is 0 Å². The second-order valence-electron chi connectivity index (χ2n) is 4.63. The number of fused-ring (bicyclic) bond motifs is 1. The van der Waals surface area contributed by atoms with E-state index in [1.165, 1.54) is 13.3 Å². The van der Waals surface area contributed by atoms with Crippen LogP contribution in [0, 0.1) is 0 Å². The molecular formula is C16H12N2O4. The molecule has 2 aromatic carbocycles. The summed E-state index contributed by atoms with van der Waals surface area (Å²) >= 11 is 0. The van der Waals surface area contributed by atoms with E-state index in [0.717, 1.165) is 0 Å². The van der Waals surface area contributed by atoms with Crippen molar-refractivity contribution in [2.75, 3.05) is 5.32 Å². The molecule has 0 atom stereocenters. The molecule has 0 radical (unpaired) electrons. The summed E-state index contributed by atoms with van der Waals surface area (Å²) in [6.07, 6.45) is 1.33. The number of nitrogens with one attached hydrogen (secondary N) is 1. The van der Waals surface area contributed by atoms with Gasteiger partial charge >= 0.3 is 5.97 Å². The van der Waals surface area contributed by atoms with Crippen LogP contribution in [0.5, 0.6) is 5.75 Å². The predicted molar refractivity (Wildman–Crippen MR) is 79.7 cm³/mol. The maximum Gasteiger partial charge on any atom is 0.343 e. The normalized spacial score (nSPS) is 10.4. The van der Waals surface area contributed by atoms with Crippen LogP contribution in [-0.4, -0.2) is 16.9 Å². The van der Waals surface area contributed by atoms with Gasteiger partial charge in [-0.3, -0.25) is 4.79 Å². The summed E-state index contributed by atoms with van der Waals surface area (Å²) in [5.41, 5.74) is 2.10. The number of esters is 1. The second-order valence-corrected chi connectivity index (χ2v) is 4.63. The molecule has 0 spiro atoms. The molecule has 0 unspecified atom stereocenters. The molecule has 0 aliphatic carbocycles. The Labute approximate surface area is 125 Å². The van der Waals surface area contributed by atoms with Gasteiger partial charge in [0.2, 0.25) is 5.91 Å². The van der Waals surface area contributed by atoms with Crippen molar-refractivity contribution >= 4 is 28.7 Å². The lowest BCUT2D eigenvalue weighted by atomic mass is 10.2. The van der Waals surface area contributed by atoms with Crippen LogP contribution >= 0.6 is 0 Å². The van der Waals surface area contributed by atoms with Crippen molar-refractivity contribution < 1.29 is 18.7 Å². The van der Waals surface area contributed by atoms with Gasteiger partial charge in [-0.1, -0.05) is 6.07 Å². The van der Waals surface area contributed by atoms with Crippen LogP contribution in [0.2, 0.25) is 0 Å². The van der Waals surface area contributed by atoms with Gasteiger partial charge in [-0.2, -0.15) is 0 Å². The van der Waals surface area contributed by atoms with Gasteiger partial charge in [0, 0.05) is 18.7 Å². The molecule has 0 aliphatic rings. The van der Waals surface area contributed by atoms with Gasteiger partial charge in [0.1, 0.15) is 11.3 Å². The molecule has 6 nitrogen and oxygen atoms in total. The Morgan fingerprint density at radius 1 is 1.18 bits per heavy atom. The first-order valence-electron chi connectivity index (χ1n) is 6.55. The average molecular weight is 296 g/mol. The van der Waals surface area contributed by atoms with Crippen molar-refractivity contribution in [3.05, 3.63) is 54.4 Å². The highest BCUT2D eigenvalue weighted by molar-refractivity contribution is 5.94. The number of nitrogens with zero attached hydrogens (tertiary/aromatic N) is 1. The molecule has 3 aromatic rings. The molecule has 0 saturated heterocycles. The summed E-state index contributed by atoms with van der Waals surface area (Å²) in [5, 5.41) is 2.62. The molecular weight excluding hydrogens is 284 g/mol. The first-order valence-corrected chi connectivity index (χ1v) is 6.55.